The van der Waals surface area contributed by atoms with Gasteiger partial charge in [0.2, 0.25) is 5.91 Å². The van der Waals surface area contributed by atoms with Gasteiger partial charge in [-0.25, -0.2) is 10.4 Å². The fraction of sp³-hybridized carbons (Fsp3) is 0.261. The molecule has 160 valence electrons. The third-order valence-electron chi connectivity index (χ3n) is 5.19. The maximum absolute atomic E-state index is 12.0. The third-order valence-corrected chi connectivity index (χ3v) is 5.91. The molecule has 4 rings (SSSR count). The smallest absolute Gasteiger partial charge is 0.246 e. The molecule has 0 saturated carbocycles. The molecule has 0 spiro atoms. The van der Waals surface area contributed by atoms with Crippen molar-refractivity contribution in [3.63, 3.8) is 0 Å². The summed E-state index contributed by atoms with van der Waals surface area (Å²) in [5.74, 6) is 0.602. The molecule has 0 saturated heterocycles. The van der Waals surface area contributed by atoms with Gasteiger partial charge in [0.15, 0.2) is 5.13 Å². The maximum Gasteiger partial charge on any atom is 0.246 e. The number of anilines is 2. The quantitative estimate of drug-likeness (QED) is 0.438. The van der Waals surface area contributed by atoms with Crippen LogP contribution in [0.3, 0.4) is 0 Å². The van der Waals surface area contributed by atoms with Gasteiger partial charge in [0.25, 0.3) is 0 Å². The number of hydrogen-bond acceptors (Lipinski definition) is 7. The van der Waals surface area contributed by atoms with E-state index in [-0.39, 0.29) is 12.3 Å². The van der Waals surface area contributed by atoms with Crippen LogP contribution in [0.4, 0.5) is 10.8 Å². The van der Waals surface area contributed by atoms with E-state index >= 15 is 0 Å². The van der Waals surface area contributed by atoms with Crippen LogP contribution in [0.15, 0.2) is 52.9 Å². The Labute approximate surface area is 185 Å². The van der Waals surface area contributed by atoms with Gasteiger partial charge in [-0.2, -0.15) is 5.10 Å². The Morgan fingerprint density at radius 2 is 2.23 bits per heavy atom. The SMILES string of the molecule is COc1ccc(/C=N/NC(=O)Cc2csc(N)n2)cc1CN1CCCc2ccccc21. The molecule has 3 N–H and O–H groups in total. The molecule has 3 aromatic rings. The lowest BCUT2D eigenvalue weighted by atomic mass is 10.0. The average molecular weight is 436 g/mol. The Balaban J connectivity index is 1.44. The number of carbonyl (C=O) groups excluding carboxylic acids is 1. The molecule has 1 amide bonds. The zero-order valence-corrected chi connectivity index (χ0v) is 18.2. The number of ether oxygens (including phenoxy) is 1. The maximum atomic E-state index is 12.0. The van der Waals surface area contributed by atoms with Crippen molar-refractivity contribution in [3.8, 4) is 5.75 Å². The number of fused-ring (bicyclic) bond motifs is 1. The standard InChI is InChI=1S/C23H25N5O2S/c1-30-21-9-8-16(13-25-27-22(29)12-19-15-31-23(24)26-19)11-18(21)14-28-10-4-6-17-5-2-3-7-20(17)28/h2-3,5,7-9,11,13,15H,4,6,10,12,14H2,1H3,(H2,24,26)(H,27,29)/b25-13+. The Morgan fingerprint density at radius 3 is 3.03 bits per heavy atom. The van der Waals surface area contributed by atoms with Crippen LogP contribution in [0.1, 0.15) is 28.8 Å². The number of nitrogens with two attached hydrogens (primary N) is 1. The molecule has 1 aromatic heterocycles. The van der Waals surface area contributed by atoms with E-state index in [0.29, 0.717) is 10.8 Å². The van der Waals surface area contributed by atoms with Crippen molar-refractivity contribution >= 4 is 34.3 Å². The van der Waals surface area contributed by atoms with Crippen LogP contribution in [-0.4, -0.2) is 30.8 Å². The van der Waals surface area contributed by atoms with Crippen LogP contribution in [0.25, 0.3) is 0 Å². The number of rotatable bonds is 7. The first-order valence-corrected chi connectivity index (χ1v) is 11.0. The molecule has 0 radical (unpaired) electrons. The van der Waals surface area contributed by atoms with E-state index in [0.717, 1.165) is 42.8 Å². The number of carbonyl (C=O) groups is 1. The molecule has 0 atom stereocenters. The highest BCUT2D eigenvalue weighted by Gasteiger charge is 2.18. The van der Waals surface area contributed by atoms with Gasteiger partial charge in [-0.15, -0.1) is 11.3 Å². The van der Waals surface area contributed by atoms with Crippen molar-refractivity contribution in [3.05, 3.63) is 70.2 Å². The Hall–Kier alpha value is -3.39. The third kappa shape index (κ3) is 5.21. The molecule has 2 aromatic carbocycles. The van der Waals surface area contributed by atoms with Crippen LogP contribution in [0.5, 0.6) is 5.75 Å². The first-order chi connectivity index (χ1) is 15.1. The predicted octanol–water partition coefficient (Wildman–Crippen LogP) is 3.38. The van der Waals surface area contributed by atoms with E-state index in [1.54, 1.807) is 18.7 Å². The van der Waals surface area contributed by atoms with Crippen LogP contribution in [0.2, 0.25) is 0 Å². The molecular formula is C23H25N5O2S. The van der Waals surface area contributed by atoms with Crippen molar-refractivity contribution in [1.29, 1.82) is 0 Å². The number of aryl methyl sites for hydroxylation is 1. The predicted molar refractivity (Wildman–Crippen MR) is 125 cm³/mol. The molecular weight excluding hydrogens is 410 g/mol. The minimum atomic E-state index is -0.236. The first-order valence-electron chi connectivity index (χ1n) is 10.1. The number of nitrogens with one attached hydrogen (secondary N) is 1. The number of nitrogens with zero attached hydrogens (tertiary/aromatic N) is 3. The number of methoxy groups -OCH3 is 1. The van der Waals surface area contributed by atoms with Crippen LogP contribution in [0, 0.1) is 0 Å². The lowest BCUT2D eigenvalue weighted by Crippen LogP contribution is -2.29. The number of hydrazone groups is 1. The number of hydrogen-bond donors (Lipinski definition) is 2. The molecule has 0 bridgehead atoms. The van der Waals surface area contributed by atoms with E-state index in [2.05, 4.69) is 44.7 Å². The van der Waals surface area contributed by atoms with E-state index in [9.17, 15) is 4.79 Å². The van der Waals surface area contributed by atoms with Gasteiger partial charge in [-0.3, -0.25) is 4.79 Å². The second-order valence-corrected chi connectivity index (χ2v) is 8.26. The number of benzene rings is 2. The van der Waals surface area contributed by atoms with Gasteiger partial charge in [-0.05, 0) is 48.2 Å². The summed E-state index contributed by atoms with van der Waals surface area (Å²) in [4.78, 5) is 18.5. The number of nitrogen functional groups attached to an aromatic ring is 1. The first kappa shape index (κ1) is 20.9. The van der Waals surface area contributed by atoms with E-state index in [1.165, 1.54) is 22.6 Å². The summed E-state index contributed by atoms with van der Waals surface area (Å²) < 4.78 is 5.58. The summed E-state index contributed by atoms with van der Waals surface area (Å²) in [7, 11) is 1.68. The molecule has 1 aliphatic rings. The highest BCUT2D eigenvalue weighted by molar-refractivity contribution is 7.13. The Bertz CT molecular complexity index is 1100. The van der Waals surface area contributed by atoms with Crippen LogP contribution < -0.4 is 20.8 Å². The average Bonchev–Trinajstić information content (AvgIpc) is 3.18. The minimum absolute atomic E-state index is 0.146. The summed E-state index contributed by atoms with van der Waals surface area (Å²) in [5.41, 5.74) is 13.4. The topological polar surface area (TPSA) is 92.8 Å². The zero-order valence-electron chi connectivity index (χ0n) is 17.4. The Kier molecular flexibility index (Phi) is 6.47. The second kappa shape index (κ2) is 9.61. The zero-order chi connectivity index (χ0) is 21.6. The van der Waals surface area contributed by atoms with Crippen molar-refractivity contribution in [1.82, 2.24) is 10.4 Å². The van der Waals surface area contributed by atoms with Crippen LogP contribution >= 0.6 is 11.3 Å². The highest BCUT2D eigenvalue weighted by atomic mass is 32.1. The van der Waals surface area contributed by atoms with E-state index in [4.69, 9.17) is 10.5 Å². The fourth-order valence-electron chi connectivity index (χ4n) is 3.77. The second-order valence-electron chi connectivity index (χ2n) is 7.37. The highest BCUT2D eigenvalue weighted by Crippen LogP contribution is 2.30. The molecule has 0 fully saturated rings. The fourth-order valence-corrected chi connectivity index (χ4v) is 4.33. The van der Waals surface area contributed by atoms with E-state index < -0.39 is 0 Å². The van der Waals surface area contributed by atoms with Gasteiger partial charge in [0.05, 0.1) is 25.4 Å². The van der Waals surface area contributed by atoms with Gasteiger partial charge in [0, 0.05) is 29.7 Å². The molecule has 2 heterocycles. The minimum Gasteiger partial charge on any atom is -0.496 e. The van der Waals surface area contributed by atoms with E-state index in [1.807, 2.05) is 18.2 Å². The summed E-state index contributed by atoms with van der Waals surface area (Å²) in [6.07, 6.45) is 4.04. The molecule has 7 nitrogen and oxygen atoms in total. The normalized spacial score (nSPS) is 13.3. The van der Waals surface area contributed by atoms with Crippen LogP contribution in [-0.2, 0) is 24.2 Å². The van der Waals surface area contributed by atoms with Gasteiger partial charge < -0.3 is 15.4 Å². The molecule has 31 heavy (non-hydrogen) atoms. The van der Waals surface area contributed by atoms with Gasteiger partial charge >= 0.3 is 0 Å². The van der Waals surface area contributed by atoms with Crippen molar-refractivity contribution in [2.24, 2.45) is 5.10 Å². The summed E-state index contributed by atoms with van der Waals surface area (Å²) >= 11 is 1.31. The molecule has 0 unspecified atom stereocenters. The number of para-hydroxylation sites is 1. The summed E-state index contributed by atoms with van der Waals surface area (Å²) in [6.45, 7) is 1.76. The van der Waals surface area contributed by atoms with Crippen molar-refractivity contribution in [2.75, 3.05) is 24.3 Å². The monoisotopic (exact) mass is 435 g/mol. The number of thiazole rings is 1. The molecule has 1 aliphatic heterocycles. The molecule has 0 aliphatic carbocycles. The lowest BCUT2D eigenvalue weighted by molar-refractivity contribution is -0.120. The number of amides is 1. The molecule has 8 heteroatoms. The summed E-state index contributed by atoms with van der Waals surface area (Å²) in [5, 5.41) is 6.31. The van der Waals surface area contributed by atoms with Crippen molar-refractivity contribution in [2.45, 2.75) is 25.8 Å². The summed E-state index contributed by atoms with van der Waals surface area (Å²) in [6, 6.07) is 14.5. The largest absolute Gasteiger partial charge is 0.496 e. The van der Waals surface area contributed by atoms with Crippen molar-refractivity contribution < 1.29 is 9.53 Å². The Morgan fingerprint density at radius 1 is 1.35 bits per heavy atom. The number of aromatic nitrogens is 1. The van der Waals surface area contributed by atoms with Gasteiger partial charge in [-0.1, -0.05) is 18.2 Å². The lowest BCUT2D eigenvalue weighted by Gasteiger charge is -2.31. The van der Waals surface area contributed by atoms with Gasteiger partial charge in [0.1, 0.15) is 5.75 Å².